The molecule has 0 spiro atoms. The molecule has 0 aliphatic carbocycles. The summed E-state index contributed by atoms with van der Waals surface area (Å²) < 4.78 is 0. The number of halogens is 1. The van der Waals surface area contributed by atoms with E-state index in [9.17, 15) is 9.70 Å². The van der Waals surface area contributed by atoms with Crippen LogP contribution in [0.1, 0.15) is 5.56 Å². The van der Waals surface area contributed by atoms with Gasteiger partial charge < -0.3 is 0 Å². The van der Waals surface area contributed by atoms with E-state index in [2.05, 4.69) is 5.18 Å². The van der Waals surface area contributed by atoms with Gasteiger partial charge in [-0.15, -0.1) is 4.91 Å². The zero-order valence-corrected chi connectivity index (χ0v) is 6.91. The summed E-state index contributed by atoms with van der Waals surface area (Å²) in [4.78, 5) is 20.3. The average molecular weight is 184 g/mol. The Labute approximate surface area is 74.3 Å². The molecule has 1 aromatic carbocycles. The molecule has 0 N–H and O–H groups in total. The van der Waals surface area contributed by atoms with Crippen LogP contribution in [0.4, 0.5) is 0 Å². The molecule has 0 aromatic heterocycles. The molecule has 0 saturated heterocycles. The highest BCUT2D eigenvalue weighted by molar-refractivity contribution is 6.30. The summed E-state index contributed by atoms with van der Waals surface area (Å²) in [6, 6.07) is 6.76. The molecule has 0 aliphatic heterocycles. The minimum atomic E-state index is -0.683. The van der Waals surface area contributed by atoms with Crippen molar-refractivity contribution in [3.05, 3.63) is 39.8 Å². The van der Waals surface area contributed by atoms with Crippen molar-refractivity contribution < 1.29 is 4.79 Å². The van der Waals surface area contributed by atoms with E-state index in [1.54, 1.807) is 24.3 Å². The number of rotatable bonds is 2. The van der Waals surface area contributed by atoms with Gasteiger partial charge in [0.15, 0.2) is 0 Å². The Morgan fingerprint density at radius 2 is 2.25 bits per heavy atom. The molecule has 0 aliphatic rings. The van der Waals surface area contributed by atoms with Gasteiger partial charge in [0.25, 0.3) is 5.91 Å². The summed E-state index contributed by atoms with van der Waals surface area (Å²) in [6.07, 6.45) is 0.0179. The Morgan fingerprint density at radius 3 is 2.83 bits per heavy atom. The van der Waals surface area contributed by atoms with Crippen molar-refractivity contribution in [3.63, 3.8) is 0 Å². The number of hydrogen-bond donors (Lipinski definition) is 0. The van der Waals surface area contributed by atoms with E-state index in [0.717, 1.165) is 0 Å². The fourth-order valence-electron chi connectivity index (χ4n) is 0.854. The largest absolute Gasteiger partial charge is 0.290 e. The lowest BCUT2D eigenvalue weighted by molar-refractivity contribution is -0.117. The van der Waals surface area contributed by atoms with Gasteiger partial charge in [-0.3, -0.25) is 4.79 Å². The number of carbonyl (C=O) groups is 1. The second-order valence-electron chi connectivity index (χ2n) is 2.29. The molecule has 0 bridgehead atoms. The smallest absolute Gasteiger partial charge is 0.269 e. The third-order valence-electron chi connectivity index (χ3n) is 1.35. The topological polar surface area (TPSA) is 46.5 Å². The van der Waals surface area contributed by atoms with E-state index in [0.29, 0.717) is 10.6 Å². The maximum atomic E-state index is 10.6. The van der Waals surface area contributed by atoms with Crippen molar-refractivity contribution in [1.82, 2.24) is 0 Å². The number of nitrogens with zero attached hydrogens (tertiary/aromatic N) is 1. The molecule has 0 heterocycles. The fourth-order valence-corrected chi connectivity index (χ4v) is 1.07. The maximum absolute atomic E-state index is 10.6. The summed E-state index contributed by atoms with van der Waals surface area (Å²) in [5.41, 5.74) is 0.701. The third kappa shape index (κ3) is 2.43. The molecule has 3 nitrogen and oxygen atoms in total. The monoisotopic (exact) mass is 183 g/mol. The van der Waals surface area contributed by atoms with E-state index in [-0.39, 0.29) is 6.42 Å². The minimum Gasteiger partial charge on any atom is -0.269 e. The van der Waals surface area contributed by atoms with Crippen molar-refractivity contribution in [2.45, 2.75) is 6.42 Å². The van der Waals surface area contributed by atoms with Crippen LogP contribution in [-0.2, 0) is 11.2 Å². The molecule has 0 fully saturated rings. The van der Waals surface area contributed by atoms with Crippen LogP contribution in [0.2, 0.25) is 5.02 Å². The molecule has 62 valence electrons. The van der Waals surface area contributed by atoms with Gasteiger partial charge in [-0.05, 0) is 17.7 Å². The summed E-state index contributed by atoms with van der Waals surface area (Å²) in [6.45, 7) is 0. The molecule has 0 radical (unpaired) electrons. The van der Waals surface area contributed by atoms with Crippen LogP contribution in [0.25, 0.3) is 0 Å². The maximum Gasteiger partial charge on any atom is 0.290 e. The van der Waals surface area contributed by atoms with Gasteiger partial charge in [0.1, 0.15) is 0 Å². The first kappa shape index (κ1) is 8.87. The van der Waals surface area contributed by atoms with Gasteiger partial charge in [0, 0.05) is 10.2 Å². The fraction of sp³-hybridized carbons (Fsp3) is 0.125. The van der Waals surface area contributed by atoms with Crippen LogP contribution in [0.15, 0.2) is 29.4 Å². The Bertz CT molecular complexity index is 312. The second kappa shape index (κ2) is 3.97. The average Bonchev–Trinajstić information content (AvgIpc) is 2.04. The summed E-state index contributed by atoms with van der Waals surface area (Å²) in [7, 11) is 0. The van der Waals surface area contributed by atoms with Crippen LogP contribution >= 0.6 is 11.6 Å². The summed E-state index contributed by atoms with van der Waals surface area (Å²) >= 11 is 5.65. The second-order valence-corrected chi connectivity index (χ2v) is 2.73. The molecular formula is C8H6ClNO2. The van der Waals surface area contributed by atoms with Crippen LogP contribution < -0.4 is 0 Å². The van der Waals surface area contributed by atoms with E-state index < -0.39 is 5.91 Å². The molecule has 4 heteroatoms. The normalized spacial score (nSPS) is 9.42. The number of nitroso groups, excluding NO2 is 1. The lowest BCUT2D eigenvalue weighted by Crippen LogP contribution is -1.96. The molecule has 1 rings (SSSR count). The number of benzene rings is 1. The first-order valence-corrected chi connectivity index (χ1v) is 3.71. The van der Waals surface area contributed by atoms with Crippen molar-refractivity contribution in [3.8, 4) is 0 Å². The molecule has 12 heavy (non-hydrogen) atoms. The van der Waals surface area contributed by atoms with Gasteiger partial charge in [-0.2, -0.15) is 0 Å². The van der Waals surface area contributed by atoms with Crippen LogP contribution in [0, 0.1) is 4.91 Å². The highest BCUT2D eigenvalue weighted by Crippen LogP contribution is 2.11. The highest BCUT2D eigenvalue weighted by atomic mass is 35.5. The molecule has 1 aromatic rings. The van der Waals surface area contributed by atoms with Crippen molar-refractivity contribution in [2.75, 3.05) is 0 Å². The van der Waals surface area contributed by atoms with E-state index >= 15 is 0 Å². The van der Waals surface area contributed by atoms with Gasteiger partial charge in [-0.1, -0.05) is 23.7 Å². The third-order valence-corrected chi connectivity index (χ3v) is 1.58. The van der Waals surface area contributed by atoms with Crippen LogP contribution in [0.3, 0.4) is 0 Å². The van der Waals surface area contributed by atoms with Crippen molar-refractivity contribution in [1.29, 1.82) is 0 Å². The SMILES string of the molecule is O=NC(=O)Cc1cccc(Cl)c1. The lowest BCUT2D eigenvalue weighted by Gasteiger charge is -1.95. The highest BCUT2D eigenvalue weighted by Gasteiger charge is 2.02. The molecular weight excluding hydrogens is 178 g/mol. The van der Waals surface area contributed by atoms with Gasteiger partial charge in [0.05, 0.1) is 6.42 Å². The van der Waals surface area contributed by atoms with E-state index in [1.165, 1.54) is 0 Å². The zero-order chi connectivity index (χ0) is 8.97. The Kier molecular flexibility index (Phi) is 2.94. The first-order valence-electron chi connectivity index (χ1n) is 3.33. The minimum absolute atomic E-state index is 0.0179. The Morgan fingerprint density at radius 1 is 1.50 bits per heavy atom. The molecule has 1 amide bonds. The molecule has 0 unspecified atom stereocenters. The number of amides is 1. The van der Waals surface area contributed by atoms with Gasteiger partial charge >= 0.3 is 0 Å². The van der Waals surface area contributed by atoms with Gasteiger partial charge in [-0.25, -0.2) is 0 Å². The quantitative estimate of drug-likeness (QED) is 0.660. The van der Waals surface area contributed by atoms with Crippen molar-refractivity contribution >= 4 is 17.5 Å². The first-order chi connectivity index (χ1) is 5.72. The summed E-state index contributed by atoms with van der Waals surface area (Å²) in [5, 5.41) is 2.83. The predicted octanol–water partition coefficient (Wildman–Crippen LogP) is 2.18. The Balaban J connectivity index is 2.76. The zero-order valence-electron chi connectivity index (χ0n) is 6.16. The number of carbonyl (C=O) groups excluding carboxylic acids is 1. The number of hydrogen-bond acceptors (Lipinski definition) is 2. The van der Waals surface area contributed by atoms with E-state index in [1.807, 2.05) is 0 Å². The van der Waals surface area contributed by atoms with Crippen LogP contribution in [0.5, 0.6) is 0 Å². The van der Waals surface area contributed by atoms with Crippen molar-refractivity contribution in [2.24, 2.45) is 5.18 Å². The predicted molar refractivity (Wildman–Crippen MR) is 46.0 cm³/mol. The standard InChI is InChI=1S/C8H6ClNO2/c9-7-3-1-2-6(4-7)5-8(11)10-12/h1-4H,5H2. The van der Waals surface area contributed by atoms with Gasteiger partial charge in [0.2, 0.25) is 0 Å². The van der Waals surface area contributed by atoms with Crippen LogP contribution in [-0.4, -0.2) is 5.91 Å². The summed E-state index contributed by atoms with van der Waals surface area (Å²) in [5.74, 6) is -0.683. The van der Waals surface area contributed by atoms with E-state index in [4.69, 9.17) is 11.6 Å². The molecule has 0 saturated carbocycles. The molecule has 0 atom stereocenters. The lowest BCUT2D eigenvalue weighted by atomic mass is 10.1. The Hall–Kier alpha value is -1.22.